The highest BCUT2D eigenvalue weighted by Crippen LogP contribution is 2.02. The quantitative estimate of drug-likeness (QED) is 0.0583. The molecule has 0 aromatic carbocycles. The number of guanidine groups is 1. The standard InChI is InChI=1S/C19H35N9O7/c1-8(20)14(30)25-9(2)15(31)26-10(3)16(32)27-11(5-4-6-24-19(22)23)17(33)28-12(18(34)35)7-13(21)29/h8-12H,4-7,20H2,1-3H3,(H2,21,29)(H,25,30)(H,26,31)(H,27,32)(H,28,33)(H,34,35)(H4,22,23,24)/t8-,9-,10-,11-,12-/m0/s1. The molecule has 0 spiro atoms. The molecule has 0 aliphatic carbocycles. The van der Waals surface area contributed by atoms with Crippen molar-refractivity contribution >= 4 is 41.5 Å². The second-order valence-corrected chi connectivity index (χ2v) is 7.86. The van der Waals surface area contributed by atoms with Crippen molar-refractivity contribution in [3.8, 4) is 0 Å². The van der Waals surface area contributed by atoms with Gasteiger partial charge in [0.15, 0.2) is 5.96 Å². The number of aliphatic carboxylic acids is 1. The van der Waals surface area contributed by atoms with Gasteiger partial charge < -0.3 is 48.9 Å². The summed E-state index contributed by atoms with van der Waals surface area (Å²) in [5.74, 6) is -5.67. The normalized spacial score (nSPS) is 14.7. The Morgan fingerprint density at radius 3 is 1.74 bits per heavy atom. The molecule has 0 bridgehead atoms. The molecular weight excluding hydrogens is 466 g/mol. The Balaban J connectivity index is 5.26. The Kier molecular flexibility index (Phi) is 13.4. The van der Waals surface area contributed by atoms with E-state index in [0.29, 0.717) is 0 Å². The van der Waals surface area contributed by atoms with Crippen LogP contribution in [0.5, 0.6) is 0 Å². The van der Waals surface area contributed by atoms with Gasteiger partial charge in [0.05, 0.1) is 12.5 Å². The zero-order chi connectivity index (χ0) is 27.3. The molecule has 0 saturated carbocycles. The number of carbonyl (C=O) groups is 6. The number of hydrogen-bond acceptors (Lipinski definition) is 8. The lowest BCUT2D eigenvalue weighted by atomic mass is 10.1. The first-order valence-corrected chi connectivity index (χ1v) is 10.7. The van der Waals surface area contributed by atoms with Crippen LogP contribution in [0.25, 0.3) is 0 Å². The maximum Gasteiger partial charge on any atom is 0.326 e. The second kappa shape index (κ2) is 15.0. The van der Waals surface area contributed by atoms with E-state index in [4.69, 9.17) is 22.6 Å². The molecule has 0 aliphatic rings. The summed E-state index contributed by atoms with van der Waals surface area (Å²) in [7, 11) is 0. The summed E-state index contributed by atoms with van der Waals surface area (Å²) < 4.78 is 0. The molecule has 0 aliphatic heterocycles. The number of primary amides is 1. The van der Waals surface area contributed by atoms with Crippen molar-refractivity contribution in [2.75, 3.05) is 6.54 Å². The molecular formula is C19H35N9O7. The van der Waals surface area contributed by atoms with Crippen molar-refractivity contribution in [3.05, 3.63) is 0 Å². The maximum atomic E-state index is 12.7. The van der Waals surface area contributed by atoms with E-state index >= 15 is 0 Å². The van der Waals surface area contributed by atoms with Crippen LogP contribution in [-0.4, -0.2) is 83.3 Å². The van der Waals surface area contributed by atoms with Gasteiger partial charge in [0.2, 0.25) is 29.5 Å². The van der Waals surface area contributed by atoms with Crippen LogP contribution in [0, 0.1) is 5.41 Å². The van der Waals surface area contributed by atoms with Crippen LogP contribution in [0.1, 0.15) is 40.0 Å². The van der Waals surface area contributed by atoms with Gasteiger partial charge in [0.1, 0.15) is 24.2 Å². The van der Waals surface area contributed by atoms with E-state index in [2.05, 4.69) is 26.6 Å². The zero-order valence-electron chi connectivity index (χ0n) is 19.8. The van der Waals surface area contributed by atoms with Gasteiger partial charge in [-0.15, -0.1) is 0 Å². The first-order valence-electron chi connectivity index (χ1n) is 10.7. The topological polar surface area (TPSA) is 285 Å². The summed E-state index contributed by atoms with van der Waals surface area (Å²) in [5.41, 5.74) is 15.6. The van der Waals surface area contributed by atoms with Crippen molar-refractivity contribution in [3.63, 3.8) is 0 Å². The highest BCUT2D eigenvalue weighted by molar-refractivity contribution is 5.95. The number of carboxylic acid groups (broad SMARTS) is 1. The Morgan fingerprint density at radius 2 is 1.29 bits per heavy atom. The van der Waals surface area contributed by atoms with Gasteiger partial charge >= 0.3 is 5.97 Å². The highest BCUT2D eigenvalue weighted by Gasteiger charge is 2.29. The fourth-order valence-electron chi connectivity index (χ4n) is 2.58. The number of rotatable bonds is 15. The van der Waals surface area contributed by atoms with Crippen LogP contribution >= 0.6 is 0 Å². The molecule has 35 heavy (non-hydrogen) atoms. The molecule has 198 valence electrons. The van der Waals surface area contributed by atoms with Crippen LogP contribution < -0.4 is 43.8 Å². The van der Waals surface area contributed by atoms with Crippen LogP contribution in [0.3, 0.4) is 0 Å². The average molecular weight is 502 g/mol. The number of nitrogens with two attached hydrogens (primary N) is 3. The smallest absolute Gasteiger partial charge is 0.326 e. The molecule has 0 aromatic heterocycles. The third kappa shape index (κ3) is 12.8. The molecule has 0 radical (unpaired) electrons. The Hall–Kier alpha value is -3.95. The predicted molar refractivity (Wildman–Crippen MR) is 123 cm³/mol. The SMILES string of the molecule is C[C@H](N)C(=O)N[C@@H](C)C(=O)N[C@@H](C)C(=O)N[C@@H](CCCNC(=N)N)C(=O)N[C@@H](CC(N)=O)C(=O)O. The van der Waals surface area contributed by atoms with Gasteiger partial charge in [0, 0.05) is 6.54 Å². The third-order valence-electron chi connectivity index (χ3n) is 4.56. The molecule has 13 N–H and O–H groups in total. The van der Waals surface area contributed by atoms with Crippen LogP contribution in [-0.2, 0) is 28.8 Å². The van der Waals surface area contributed by atoms with E-state index < -0.39 is 72.1 Å². The van der Waals surface area contributed by atoms with Gasteiger partial charge in [-0.1, -0.05) is 0 Å². The lowest BCUT2D eigenvalue weighted by molar-refractivity contribution is -0.143. The molecule has 5 amide bonds. The van der Waals surface area contributed by atoms with Gasteiger partial charge in [-0.3, -0.25) is 29.4 Å². The lowest BCUT2D eigenvalue weighted by Gasteiger charge is -2.24. The minimum absolute atomic E-state index is 0.00226. The highest BCUT2D eigenvalue weighted by atomic mass is 16.4. The van der Waals surface area contributed by atoms with Crippen molar-refractivity contribution < 1.29 is 33.9 Å². The molecule has 0 saturated heterocycles. The van der Waals surface area contributed by atoms with Gasteiger partial charge in [0.25, 0.3) is 0 Å². The van der Waals surface area contributed by atoms with E-state index in [9.17, 15) is 33.9 Å². The molecule has 0 fully saturated rings. The van der Waals surface area contributed by atoms with E-state index in [1.54, 1.807) is 0 Å². The summed E-state index contributed by atoms with van der Waals surface area (Å²) in [6.07, 6.45) is -0.417. The summed E-state index contributed by atoms with van der Waals surface area (Å²) in [6, 6.07) is -5.83. The van der Waals surface area contributed by atoms with Gasteiger partial charge in [-0.2, -0.15) is 0 Å². The molecule has 5 atom stereocenters. The van der Waals surface area contributed by atoms with Crippen molar-refractivity contribution in [2.24, 2.45) is 17.2 Å². The monoisotopic (exact) mass is 501 g/mol. The summed E-state index contributed by atoms with van der Waals surface area (Å²) in [4.78, 5) is 71.6. The number of carboxylic acids is 1. The van der Waals surface area contributed by atoms with E-state index in [-0.39, 0.29) is 25.3 Å². The van der Waals surface area contributed by atoms with Crippen LogP contribution in [0.2, 0.25) is 0 Å². The van der Waals surface area contributed by atoms with Crippen molar-refractivity contribution in [1.29, 1.82) is 5.41 Å². The molecule has 0 heterocycles. The largest absolute Gasteiger partial charge is 0.480 e. The molecule has 0 rings (SSSR count). The summed E-state index contributed by atoms with van der Waals surface area (Å²) in [6.45, 7) is 4.35. The van der Waals surface area contributed by atoms with Crippen LogP contribution in [0.15, 0.2) is 0 Å². The molecule has 0 aromatic rings. The van der Waals surface area contributed by atoms with Gasteiger partial charge in [-0.05, 0) is 33.6 Å². The Bertz CT molecular complexity index is 818. The first-order chi connectivity index (χ1) is 16.1. The fraction of sp³-hybridized carbons (Fsp3) is 0.632. The summed E-state index contributed by atoms with van der Waals surface area (Å²) >= 11 is 0. The van der Waals surface area contributed by atoms with E-state index in [1.165, 1.54) is 20.8 Å². The van der Waals surface area contributed by atoms with Crippen molar-refractivity contribution in [1.82, 2.24) is 26.6 Å². The molecule has 16 heteroatoms. The molecule has 16 nitrogen and oxygen atoms in total. The third-order valence-corrected chi connectivity index (χ3v) is 4.56. The number of hydrogen-bond donors (Lipinski definition) is 10. The van der Waals surface area contributed by atoms with E-state index in [0.717, 1.165) is 0 Å². The van der Waals surface area contributed by atoms with E-state index in [1.807, 2.05) is 0 Å². The number of nitrogens with one attached hydrogen (secondary N) is 6. The Labute approximate surface area is 202 Å². The van der Waals surface area contributed by atoms with Crippen LogP contribution in [0.4, 0.5) is 0 Å². The average Bonchev–Trinajstić information content (AvgIpc) is 2.74. The zero-order valence-corrected chi connectivity index (χ0v) is 19.8. The van der Waals surface area contributed by atoms with Gasteiger partial charge in [-0.25, -0.2) is 4.79 Å². The minimum Gasteiger partial charge on any atom is -0.480 e. The Morgan fingerprint density at radius 1 is 0.800 bits per heavy atom. The summed E-state index contributed by atoms with van der Waals surface area (Å²) in [5, 5.41) is 28.2. The second-order valence-electron chi connectivity index (χ2n) is 7.86. The fourth-order valence-corrected chi connectivity index (χ4v) is 2.58. The first kappa shape index (κ1) is 31.0. The number of amides is 5. The number of carbonyl (C=O) groups excluding carboxylic acids is 5. The lowest BCUT2D eigenvalue weighted by Crippen LogP contribution is -2.57. The predicted octanol–water partition coefficient (Wildman–Crippen LogP) is -4.46. The van der Waals surface area contributed by atoms with Crippen molar-refractivity contribution in [2.45, 2.75) is 70.2 Å². The molecule has 0 unspecified atom stereocenters. The minimum atomic E-state index is -1.61. The maximum absolute atomic E-state index is 12.7.